The Hall–Kier alpha value is -2.00. The van der Waals surface area contributed by atoms with E-state index in [1.54, 1.807) is 13.0 Å². The normalized spacial score (nSPS) is 11.8. The van der Waals surface area contributed by atoms with E-state index in [1.165, 1.54) is 0 Å². The topological polar surface area (TPSA) is 38.3 Å². The van der Waals surface area contributed by atoms with Crippen molar-refractivity contribution < 1.29 is 9.53 Å². The maximum Gasteiger partial charge on any atom is 0.333 e. The first-order valence-corrected chi connectivity index (χ1v) is 7.24. The molecule has 2 aromatic rings. The minimum absolute atomic E-state index is 0.329. The molecule has 0 spiro atoms. The van der Waals surface area contributed by atoms with E-state index in [1.807, 2.05) is 49.4 Å². The van der Waals surface area contributed by atoms with Gasteiger partial charge in [0.1, 0.15) is 0 Å². The quantitative estimate of drug-likeness (QED) is 0.834. The Kier molecular flexibility index (Phi) is 5.23. The molecule has 0 fully saturated rings. The Morgan fingerprint density at radius 3 is 2.52 bits per heavy atom. The largest absolute Gasteiger partial charge is 0.464 e. The van der Waals surface area contributed by atoms with Crippen LogP contribution in [0.4, 0.5) is 5.69 Å². The number of hydrogen-bond acceptors (Lipinski definition) is 3. The highest BCUT2D eigenvalue weighted by Gasteiger charge is 2.24. The highest BCUT2D eigenvalue weighted by Crippen LogP contribution is 2.28. The van der Waals surface area contributed by atoms with Crippen LogP contribution >= 0.6 is 11.6 Å². The third-order valence-electron chi connectivity index (χ3n) is 3.18. The molecule has 110 valence electrons. The van der Waals surface area contributed by atoms with Crippen molar-refractivity contribution in [2.45, 2.75) is 19.9 Å². The van der Waals surface area contributed by atoms with Gasteiger partial charge in [0, 0.05) is 16.3 Å². The number of rotatable bonds is 5. The number of hydrogen-bond donors (Lipinski definition) is 1. The average molecular weight is 304 g/mol. The molecule has 1 N–H and O–H groups in total. The Morgan fingerprint density at radius 2 is 1.86 bits per heavy atom. The van der Waals surface area contributed by atoms with Crippen molar-refractivity contribution in [2.24, 2.45) is 0 Å². The number of carbonyl (C=O) groups is 1. The molecule has 1 atom stereocenters. The second-order valence-corrected chi connectivity index (χ2v) is 5.07. The van der Waals surface area contributed by atoms with Crippen LogP contribution in [0, 0.1) is 6.92 Å². The first-order valence-electron chi connectivity index (χ1n) is 6.86. The van der Waals surface area contributed by atoms with Gasteiger partial charge in [-0.05, 0) is 31.5 Å². The van der Waals surface area contributed by atoms with Crippen LogP contribution in [0.5, 0.6) is 0 Å². The highest BCUT2D eigenvalue weighted by atomic mass is 35.5. The van der Waals surface area contributed by atoms with Gasteiger partial charge in [-0.15, -0.1) is 0 Å². The first-order chi connectivity index (χ1) is 10.1. The van der Waals surface area contributed by atoms with Crippen molar-refractivity contribution in [1.82, 2.24) is 0 Å². The molecule has 0 radical (unpaired) electrons. The standard InChI is InChI=1S/C17H18ClNO2/c1-3-21-17(20)16(13-9-5-6-10-14(13)18)19-15-11-7-4-8-12(15)2/h4-11,16,19H,3H2,1-2H3. The minimum Gasteiger partial charge on any atom is -0.464 e. The monoisotopic (exact) mass is 303 g/mol. The molecule has 3 nitrogen and oxygen atoms in total. The van der Waals surface area contributed by atoms with E-state index in [0.717, 1.165) is 11.3 Å². The van der Waals surface area contributed by atoms with Gasteiger partial charge in [0.05, 0.1) is 6.61 Å². The summed E-state index contributed by atoms with van der Waals surface area (Å²) in [7, 11) is 0. The summed E-state index contributed by atoms with van der Waals surface area (Å²) in [6.45, 7) is 4.10. The van der Waals surface area contributed by atoms with Crippen molar-refractivity contribution in [3.05, 3.63) is 64.7 Å². The number of ether oxygens (including phenoxy) is 1. The van der Waals surface area contributed by atoms with Crippen LogP contribution in [0.3, 0.4) is 0 Å². The molecular formula is C17H18ClNO2. The Labute approximate surface area is 129 Å². The Morgan fingerprint density at radius 1 is 1.19 bits per heavy atom. The predicted octanol–water partition coefficient (Wildman–Crippen LogP) is 4.36. The van der Waals surface area contributed by atoms with Crippen LogP contribution < -0.4 is 5.32 Å². The van der Waals surface area contributed by atoms with Crippen molar-refractivity contribution >= 4 is 23.3 Å². The molecule has 2 rings (SSSR count). The van der Waals surface area contributed by atoms with Crippen molar-refractivity contribution in [3.63, 3.8) is 0 Å². The Balaban J connectivity index is 2.36. The van der Waals surface area contributed by atoms with Gasteiger partial charge in [-0.1, -0.05) is 48.0 Å². The number of nitrogens with one attached hydrogen (secondary N) is 1. The third kappa shape index (κ3) is 3.76. The molecule has 0 bridgehead atoms. The van der Waals surface area contributed by atoms with E-state index >= 15 is 0 Å². The van der Waals surface area contributed by atoms with E-state index in [0.29, 0.717) is 17.2 Å². The van der Waals surface area contributed by atoms with Gasteiger partial charge < -0.3 is 10.1 Å². The number of para-hydroxylation sites is 1. The average Bonchev–Trinajstić information content (AvgIpc) is 2.48. The smallest absolute Gasteiger partial charge is 0.333 e. The molecule has 0 amide bonds. The summed E-state index contributed by atoms with van der Waals surface area (Å²) in [6, 6.07) is 14.4. The van der Waals surface area contributed by atoms with Crippen LogP contribution in [0.25, 0.3) is 0 Å². The number of esters is 1. The fourth-order valence-corrected chi connectivity index (χ4v) is 2.33. The summed E-state index contributed by atoms with van der Waals surface area (Å²) in [6.07, 6.45) is 0. The maximum atomic E-state index is 12.3. The summed E-state index contributed by atoms with van der Waals surface area (Å²) in [5, 5.41) is 3.77. The van der Waals surface area contributed by atoms with Crippen molar-refractivity contribution in [1.29, 1.82) is 0 Å². The molecular weight excluding hydrogens is 286 g/mol. The third-order valence-corrected chi connectivity index (χ3v) is 3.53. The zero-order valence-electron chi connectivity index (χ0n) is 12.1. The minimum atomic E-state index is -0.625. The van der Waals surface area contributed by atoms with Gasteiger partial charge in [0.25, 0.3) is 0 Å². The van der Waals surface area contributed by atoms with Crippen LogP contribution in [0.1, 0.15) is 24.1 Å². The van der Waals surface area contributed by atoms with E-state index in [2.05, 4.69) is 5.32 Å². The van der Waals surface area contributed by atoms with Crippen molar-refractivity contribution in [3.8, 4) is 0 Å². The predicted molar refractivity (Wildman–Crippen MR) is 85.6 cm³/mol. The number of benzene rings is 2. The summed E-state index contributed by atoms with van der Waals surface area (Å²) in [5.41, 5.74) is 2.65. The van der Waals surface area contributed by atoms with Gasteiger partial charge in [-0.2, -0.15) is 0 Å². The van der Waals surface area contributed by atoms with E-state index < -0.39 is 6.04 Å². The summed E-state index contributed by atoms with van der Waals surface area (Å²) in [4.78, 5) is 12.3. The highest BCUT2D eigenvalue weighted by molar-refractivity contribution is 6.31. The number of halogens is 1. The van der Waals surface area contributed by atoms with Gasteiger partial charge in [0.2, 0.25) is 0 Å². The molecule has 0 aromatic heterocycles. The van der Waals surface area contributed by atoms with Crippen LogP contribution in [-0.2, 0) is 9.53 Å². The van der Waals surface area contributed by atoms with Crippen LogP contribution in [-0.4, -0.2) is 12.6 Å². The van der Waals surface area contributed by atoms with Crippen LogP contribution in [0.2, 0.25) is 5.02 Å². The molecule has 0 saturated carbocycles. The van der Waals surface area contributed by atoms with E-state index in [9.17, 15) is 4.79 Å². The molecule has 0 aliphatic carbocycles. The number of carbonyl (C=O) groups excluding carboxylic acids is 1. The lowest BCUT2D eigenvalue weighted by molar-refractivity contribution is -0.144. The second-order valence-electron chi connectivity index (χ2n) is 4.67. The van der Waals surface area contributed by atoms with Crippen LogP contribution in [0.15, 0.2) is 48.5 Å². The molecule has 1 unspecified atom stereocenters. The summed E-state index contributed by atoms with van der Waals surface area (Å²) >= 11 is 6.22. The van der Waals surface area contributed by atoms with E-state index in [-0.39, 0.29) is 5.97 Å². The van der Waals surface area contributed by atoms with Crippen molar-refractivity contribution in [2.75, 3.05) is 11.9 Å². The fraction of sp³-hybridized carbons (Fsp3) is 0.235. The molecule has 0 saturated heterocycles. The van der Waals surface area contributed by atoms with E-state index in [4.69, 9.17) is 16.3 Å². The molecule has 21 heavy (non-hydrogen) atoms. The van der Waals surface area contributed by atoms with Gasteiger partial charge in [-0.3, -0.25) is 0 Å². The lowest BCUT2D eigenvalue weighted by atomic mass is 10.1. The summed E-state index contributed by atoms with van der Waals surface area (Å²) in [5.74, 6) is -0.339. The Bertz CT molecular complexity index is 628. The summed E-state index contributed by atoms with van der Waals surface area (Å²) < 4.78 is 5.17. The van der Waals surface area contributed by atoms with Gasteiger partial charge in [0.15, 0.2) is 6.04 Å². The lowest BCUT2D eigenvalue weighted by Gasteiger charge is -2.21. The first kappa shape index (κ1) is 15.4. The molecule has 2 aromatic carbocycles. The molecule has 0 aliphatic heterocycles. The fourth-order valence-electron chi connectivity index (χ4n) is 2.09. The lowest BCUT2D eigenvalue weighted by Crippen LogP contribution is -2.24. The van der Waals surface area contributed by atoms with Gasteiger partial charge in [-0.25, -0.2) is 4.79 Å². The second kappa shape index (κ2) is 7.14. The maximum absolute atomic E-state index is 12.3. The number of aryl methyl sites for hydroxylation is 1. The SMILES string of the molecule is CCOC(=O)C(Nc1ccccc1C)c1ccccc1Cl. The zero-order valence-corrected chi connectivity index (χ0v) is 12.9. The number of anilines is 1. The zero-order chi connectivity index (χ0) is 15.2. The molecule has 4 heteroatoms. The molecule has 0 aliphatic rings. The molecule has 0 heterocycles. The van der Waals surface area contributed by atoms with Gasteiger partial charge >= 0.3 is 5.97 Å².